The fraction of sp³-hybridized carbons (Fsp3) is 0. The van der Waals surface area contributed by atoms with Gasteiger partial charge >= 0.3 is 38.7 Å². The molecule has 0 fully saturated rings. The number of hydrogen-bond donors (Lipinski definition) is 1. The summed E-state index contributed by atoms with van der Waals surface area (Å²) < 4.78 is 45.9. The molecule has 0 aliphatic heterocycles. The maximum absolute atomic E-state index is 9.63. The SMILES string of the molecule is O=S(=O)(O)S(=O)([O-])=S.[Na+]. The topological polar surface area (TPSA) is 94.5 Å². The van der Waals surface area contributed by atoms with Gasteiger partial charge in [-0.15, -0.1) is 0 Å². The molecule has 0 aromatic heterocycles. The van der Waals surface area contributed by atoms with Crippen molar-refractivity contribution >= 4 is 28.1 Å². The van der Waals surface area contributed by atoms with Gasteiger partial charge in [0.1, 0.15) is 0 Å². The molecule has 0 amide bonds. The van der Waals surface area contributed by atoms with Gasteiger partial charge in [-0.25, -0.2) is 0 Å². The first-order valence-electron chi connectivity index (χ1n) is 1.18. The zero-order valence-corrected chi connectivity index (χ0v) is 8.75. The van der Waals surface area contributed by atoms with Crippen molar-refractivity contribution in [3.05, 3.63) is 0 Å². The third-order valence-corrected chi connectivity index (χ3v) is 3.87. The summed E-state index contributed by atoms with van der Waals surface area (Å²) in [7, 11) is -9.78. The quantitative estimate of drug-likeness (QED) is 0.261. The maximum Gasteiger partial charge on any atom is 1.00 e. The molecule has 0 aliphatic rings. The average molecular weight is 200 g/mol. The Kier molecular flexibility index (Phi) is 5.12. The molecule has 1 N–H and O–H groups in total. The summed E-state index contributed by atoms with van der Waals surface area (Å²) in [5, 5.41) is 0. The largest absolute Gasteiger partial charge is 1.00 e. The van der Waals surface area contributed by atoms with Crippen molar-refractivity contribution in [1.82, 2.24) is 0 Å². The molecule has 0 saturated carbocycles. The summed E-state index contributed by atoms with van der Waals surface area (Å²) in [6.07, 6.45) is 0. The molecule has 0 heterocycles. The van der Waals surface area contributed by atoms with E-state index in [9.17, 15) is 17.2 Å². The molecule has 5 nitrogen and oxygen atoms in total. The Balaban J connectivity index is 0. The van der Waals surface area contributed by atoms with E-state index in [1.807, 2.05) is 0 Å². The molecule has 50 valence electrons. The average Bonchev–Trinajstić information content (AvgIpc) is 1.25. The van der Waals surface area contributed by atoms with Crippen molar-refractivity contribution in [2.75, 3.05) is 0 Å². The monoisotopic (exact) mass is 200 g/mol. The fourth-order valence-electron chi connectivity index (χ4n) is 0. The Morgan fingerprint density at radius 3 is 1.44 bits per heavy atom. The first-order chi connectivity index (χ1) is 3.25. The smallest absolute Gasteiger partial charge is 0.756 e. The van der Waals surface area contributed by atoms with Crippen molar-refractivity contribution in [1.29, 1.82) is 0 Å². The summed E-state index contributed by atoms with van der Waals surface area (Å²) in [5.41, 5.74) is 0. The zero-order chi connectivity index (χ0) is 7.00. The van der Waals surface area contributed by atoms with E-state index in [-0.39, 0.29) is 29.6 Å². The van der Waals surface area contributed by atoms with Gasteiger partial charge in [-0.05, 0) is 11.2 Å². The summed E-state index contributed by atoms with van der Waals surface area (Å²) in [4.78, 5) is 0. The Morgan fingerprint density at radius 2 is 1.44 bits per heavy atom. The van der Waals surface area contributed by atoms with Crippen LogP contribution in [0.1, 0.15) is 0 Å². The van der Waals surface area contributed by atoms with E-state index < -0.39 is 17.0 Å². The second kappa shape index (κ2) is 3.58. The maximum atomic E-state index is 9.63. The summed E-state index contributed by atoms with van der Waals surface area (Å²) in [5.74, 6) is 0. The Labute approximate surface area is 78.8 Å². The van der Waals surface area contributed by atoms with E-state index in [4.69, 9.17) is 4.55 Å². The molecule has 0 spiro atoms. The van der Waals surface area contributed by atoms with Crippen molar-refractivity contribution in [3.63, 3.8) is 0 Å². The van der Waals surface area contributed by atoms with Crippen LogP contribution < -0.4 is 29.6 Å². The molecule has 1 atom stereocenters. The van der Waals surface area contributed by atoms with Gasteiger partial charge in [-0.2, -0.15) is 8.42 Å². The molecule has 0 rings (SSSR count). The molecule has 0 saturated heterocycles. The number of rotatable bonds is 1. The van der Waals surface area contributed by atoms with Crippen LogP contribution in [0.3, 0.4) is 0 Å². The van der Waals surface area contributed by atoms with Gasteiger partial charge < -0.3 is 4.55 Å². The Morgan fingerprint density at radius 1 is 1.33 bits per heavy atom. The molecule has 0 bridgehead atoms. The molecule has 0 radical (unpaired) electrons. The third kappa shape index (κ3) is 4.62. The normalized spacial score (nSPS) is 17.6. The summed E-state index contributed by atoms with van der Waals surface area (Å²) in [6.45, 7) is 0. The van der Waals surface area contributed by atoms with E-state index in [0.29, 0.717) is 0 Å². The Hall–Kier alpha value is 1.24. The molecule has 0 aliphatic carbocycles. The minimum Gasteiger partial charge on any atom is -0.756 e. The van der Waals surface area contributed by atoms with Gasteiger partial charge in [0, 0.05) is 0 Å². The van der Waals surface area contributed by atoms with Gasteiger partial charge in [0.05, 0.1) is 7.80 Å². The van der Waals surface area contributed by atoms with Crippen LogP contribution in [0, 0.1) is 0 Å². The standard InChI is InChI=1S/Na.H2O5S3/c;1-7(2,3)8(4,5)6/h;(H,1,2,3)(H,4,5,6)/q+1;/p-1. The van der Waals surface area contributed by atoms with Crippen molar-refractivity contribution in [2.24, 2.45) is 0 Å². The van der Waals surface area contributed by atoms with Crippen LogP contribution in [0.4, 0.5) is 0 Å². The van der Waals surface area contributed by atoms with Crippen molar-refractivity contribution in [2.45, 2.75) is 0 Å². The van der Waals surface area contributed by atoms with Gasteiger partial charge in [0.25, 0.3) is 0 Å². The second-order valence-electron chi connectivity index (χ2n) is 0.836. The van der Waals surface area contributed by atoms with Crippen LogP contribution in [0.15, 0.2) is 0 Å². The molecule has 0 aromatic rings. The molecular weight excluding hydrogens is 199 g/mol. The summed E-state index contributed by atoms with van der Waals surface area (Å²) in [6, 6.07) is 0. The van der Waals surface area contributed by atoms with Crippen LogP contribution >= 0.6 is 0 Å². The van der Waals surface area contributed by atoms with E-state index in [1.165, 1.54) is 0 Å². The predicted octanol–water partition coefficient (Wildman–Crippen LogP) is -4.33. The number of hydrogen-bond acceptors (Lipinski definition) is 5. The predicted molar refractivity (Wildman–Crippen MR) is 27.8 cm³/mol. The minimum atomic E-state index is -5.05. The first kappa shape index (κ1) is 12.9. The molecule has 9 heavy (non-hydrogen) atoms. The van der Waals surface area contributed by atoms with Crippen molar-refractivity contribution in [3.8, 4) is 0 Å². The van der Waals surface area contributed by atoms with Gasteiger partial charge in [0.2, 0.25) is 0 Å². The van der Waals surface area contributed by atoms with Gasteiger partial charge in [-0.1, -0.05) is 0 Å². The Bertz CT molecular complexity index is 225. The van der Waals surface area contributed by atoms with E-state index in [1.54, 1.807) is 0 Å². The van der Waals surface area contributed by atoms with E-state index >= 15 is 0 Å². The minimum absolute atomic E-state index is 0. The molecule has 9 heteroatoms. The van der Waals surface area contributed by atoms with Crippen LogP contribution in [-0.2, 0) is 28.1 Å². The molecule has 0 aromatic carbocycles. The third-order valence-electron chi connectivity index (χ3n) is 0.258. The van der Waals surface area contributed by atoms with Crippen LogP contribution in [0.25, 0.3) is 0 Å². The van der Waals surface area contributed by atoms with Crippen LogP contribution in [-0.4, -0.2) is 21.7 Å². The van der Waals surface area contributed by atoms with Crippen LogP contribution in [0.2, 0.25) is 0 Å². The fourth-order valence-corrected chi connectivity index (χ4v) is 0. The van der Waals surface area contributed by atoms with Crippen LogP contribution in [0.5, 0.6) is 0 Å². The van der Waals surface area contributed by atoms with E-state index in [2.05, 4.69) is 11.2 Å². The van der Waals surface area contributed by atoms with Gasteiger partial charge in [-0.3, -0.25) is 8.76 Å². The van der Waals surface area contributed by atoms with E-state index in [0.717, 1.165) is 0 Å². The van der Waals surface area contributed by atoms with Crippen molar-refractivity contribution < 1.29 is 51.3 Å². The molecular formula is HNaO5S3. The zero-order valence-electron chi connectivity index (χ0n) is 4.30. The van der Waals surface area contributed by atoms with Gasteiger partial charge in [0.15, 0.2) is 0 Å². The molecule has 1 unspecified atom stereocenters. The summed E-state index contributed by atoms with van der Waals surface area (Å²) >= 11 is 3.36. The first-order valence-corrected chi connectivity index (χ1v) is 5.55. The second-order valence-corrected chi connectivity index (χ2v) is 7.04.